The van der Waals surface area contributed by atoms with Crippen LogP contribution in [0.25, 0.3) is 0 Å². The average Bonchev–Trinajstić information content (AvgIpc) is 2.79. The van der Waals surface area contributed by atoms with E-state index in [0.29, 0.717) is 5.92 Å². The lowest BCUT2D eigenvalue weighted by Gasteiger charge is -2.37. The lowest BCUT2D eigenvalue weighted by Crippen LogP contribution is -2.43. The summed E-state index contributed by atoms with van der Waals surface area (Å²) >= 11 is 0. The minimum absolute atomic E-state index is 0.608. The molecule has 2 saturated heterocycles. The first-order valence-electron chi connectivity index (χ1n) is 8.86. The van der Waals surface area contributed by atoms with Crippen LogP contribution in [0.4, 0.5) is 0 Å². The second kappa shape index (κ2) is 9.48. The summed E-state index contributed by atoms with van der Waals surface area (Å²) in [6.07, 6.45) is 6.35. The van der Waals surface area contributed by atoms with Crippen molar-refractivity contribution in [2.75, 3.05) is 46.6 Å². The van der Waals surface area contributed by atoms with Gasteiger partial charge >= 0.3 is 0 Å². The van der Waals surface area contributed by atoms with E-state index >= 15 is 0 Å². The molecule has 0 radical (unpaired) electrons. The van der Waals surface area contributed by atoms with Gasteiger partial charge in [0.05, 0.1) is 12.4 Å². The van der Waals surface area contributed by atoms with Gasteiger partial charge in [0.1, 0.15) is 7.11 Å². The molecule has 0 saturated carbocycles. The van der Waals surface area contributed by atoms with Crippen LogP contribution in [-0.4, -0.2) is 68.2 Å². The van der Waals surface area contributed by atoms with Gasteiger partial charge in [-0.05, 0) is 59.0 Å². The molecule has 1 atom stereocenters. The molecular weight excluding hydrogens is 278 g/mol. The quantitative estimate of drug-likeness (QED) is 0.558. The molecule has 0 aromatic heterocycles. The van der Waals surface area contributed by atoms with E-state index in [1.165, 1.54) is 58.3 Å². The molecular formula is C17H33N3O2. The summed E-state index contributed by atoms with van der Waals surface area (Å²) in [5, 5.41) is 4.12. The van der Waals surface area contributed by atoms with E-state index in [1.54, 1.807) is 7.11 Å². The van der Waals surface area contributed by atoms with Gasteiger partial charge in [0, 0.05) is 31.7 Å². The Hall–Kier alpha value is -0.650. The van der Waals surface area contributed by atoms with Crippen LogP contribution in [0.1, 0.15) is 46.0 Å². The van der Waals surface area contributed by atoms with Crippen LogP contribution in [0.15, 0.2) is 5.16 Å². The van der Waals surface area contributed by atoms with E-state index in [-0.39, 0.29) is 0 Å². The van der Waals surface area contributed by atoms with Crippen molar-refractivity contribution in [1.82, 2.24) is 9.80 Å². The van der Waals surface area contributed by atoms with E-state index in [1.807, 2.05) is 0 Å². The number of rotatable bonds is 6. The molecule has 2 fully saturated rings. The number of piperidine rings is 1. The number of nitrogens with zero attached hydrogens (tertiary/aromatic N) is 3. The van der Waals surface area contributed by atoms with Crippen molar-refractivity contribution in [3.05, 3.63) is 0 Å². The minimum atomic E-state index is 0.608. The van der Waals surface area contributed by atoms with Gasteiger partial charge in [-0.15, -0.1) is 0 Å². The Morgan fingerprint density at radius 3 is 2.55 bits per heavy atom. The summed E-state index contributed by atoms with van der Waals surface area (Å²) in [5.41, 5.74) is 1.16. The molecule has 0 aromatic rings. The Bertz CT molecular complexity index is 341. The van der Waals surface area contributed by atoms with Crippen molar-refractivity contribution < 1.29 is 9.57 Å². The predicted molar refractivity (Wildman–Crippen MR) is 90.1 cm³/mol. The molecule has 0 bridgehead atoms. The zero-order valence-corrected chi connectivity index (χ0v) is 14.6. The van der Waals surface area contributed by atoms with Crippen LogP contribution in [0.5, 0.6) is 0 Å². The summed E-state index contributed by atoms with van der Waals surface area (Å²) in [4.78, 5) is 10.1. The molecule has 5 nitrogen and oxygen atoms in total. The number of ether oxygens (including phenoxy) is 1. The third-order valence-corrected chi connectivity index (χ3v) is 5.14. The van der Waals surface area contributed by atoms with Gasteiger partial charge in [0.15, 0.2) is 0 Å². The standard InChI is InChI=1S/C17H33N3O2/c1-4-22-14-19-10-5-6-17(9-11-19)20-12-7-16(8-13-20)15(2)18-21-3/h16-17H,4-14H2,1-3H3. The molecule has 0 amide bonds. The third-order valence-electron chi connectivity index (χ3n) is 5.14. The summed E-state index contributed by atoms with van der Waals surface area (Å²) in [7, 11) is 1.64. The fourth-order valence-corrected chi connectivity index (χ4v) is 3.75. The zero-order valence-electron chi connectivity index (χ0n) is 14.6. The van der Waals surface area contributed by atoms with E-state index < -0.39 is 0 Å². The normalized spacial score (nSPS) is 26.9. The van der Waals surface area contributed by atoms with Crippen LogP contribution in [-0.2, 0) is 9.57 Å². The Kier molecular flexibility index (Phi) is 7.63. The highest BCUT2D eigenvalue weighted by Gasteiger charge is 2.28. The topological polar surface area (TPSA) is 37.3 Å². The van der Waals surface area contributed by atoms with Crippen LogP contribution in [0.2, 0.25) is 0 Å². The van der Waals surface area contributed by atoms with E-state index in [0.717, 1.165) is 25.1 Å². The molecule has 2 aliphatic heterocycles. The van der Waals surface area contributed by atoms with E-state index in [4.69, 9.17) is 9.57 Å². The van der Waals surface area contributed by atoms with Crippen molar-refractivity contribution in [2.45, 2.75) is 52.0 Å². The molecule has 0 aliphatic carbocycles. The summed E-state index contributed by atoms with van der Waals surface area (Å²) in [6.45, 7) is 10.6. The number of hydrogen-bond donors (Lipinski definition) is 0. The molecule has 128 valence electrons. The second-order valence-electron chi connectivity index (χ2n) is 6.55. The largest absolute Gasteiger partial charge is 0.399 e. The molecule has 22 heavy (non-hydrogen) atoms. The lowest BCUT2D eigenvalue weighted by atomic mass is 9.91. The maximum atomic E-state index is 5.56. The molecule has 1 unspecified atom stereocenters. The Balaban J connectivity index is 1.76. The molecule has 0 spiro atoms. The highest BCUT2D eigenvalue weighted by atomic mass is 16.6. The van der Waals surface area contributed by atoms with Gasteiger partial charge < -0.3 is 14.5 Å². The van der Waals surface area contributed by atoms with Gasteiger partial charge in [0.25, 0.3) is 0 Å². The Morgan fingerprint density at radius 2 is 1.86 bits per heavy atom. The number of oxime groups is 1. The first-order valence-corrected chi connectivity index (χ1v) is 8.86. The third kappa shape index (κ3) is 5.21. The van der Waals surface area contributed by atoms with Crippen molar-refractivity contribution in [3.8, 4) is 0 Å². The van der Waals surface area contributed by atoms with Crippen molar-refractivity contribution in [1.29, 1.82) is 0 Å². The van der Waals surface area contributed by atoms with Crippen LogP contribution < -0.4 is 0 Å². The Morgan fingerprint density at radius 1 is 1.09 bits per heavy atom. The lowest BCUT2D eigenvalue weighted by molar-refractivity contribution is 0.0357. The van der Waals surface area contributed by atoms with Gasteiger partial charge in [0.2, 0.25) is 0 Å². The second-order valence-corrected chi connectivity index (χ2v) is 6.55. The molecule has 0 N–H and O–H groups in total. The molecule has 2 aliphatic rings. The molecule has 2 rings (SSSR count). The predicted octanol–water partition coefficient (Wildman–Crippen LogP) is 2.57. The monoisotopic (exact) mass is 311 g/mol. The van der Waals surface area contributed by atoms with Crippen LogP contribution in [0, 0.1) is 5.92 Å². The summed E-state index contributed by atoms with van der Waals surface area (Å²) in [6, 6.07) is 0.757. The Labute approximate surface area is 135 Å². The van der Waals surface area contributed by atoms with E-state index in [2.05, 4.69) is 28.8 Å². The highest BCUT2D eigenvalue weighted by molar-refractivity contribution is 5.83. The zero-order chi connectivity index (χ0) is 15.8. The van der Waals surface area contributed by atoms with Gasteiger partial charge in [-0.1, -0.05) is 5.16 Å². The van der Waals surface area contributed by atoms with Crippen molar-refractivity contribution in [2.24, 2.45) is 11.1 Å². The SMILES string of the molecule is CCOCN1CCCC(N2CCC(C(C)=NOC)CC2)CC1. The van der Waals surface area contributed by atoms with Gasteiger partial charge in [-0.3, -0.25) is 4.90 Å². The van der Waals surface area contributed by atoms with Crippen LogP contribution in [0.3, 0.4) is 0 Å². The summed E-state index contributed by atoms with van der Waals surface area (Å²) < 4.78 is 5.56. The minimum Gasteiger partial charge on any atom is -0.399 e. The average molecular weight is 311 g/mol. The molecule has 0 aromatic carbocycles. The van der Waals surface area contributed by atoms with E-state index in [9.17, 15) is 0 Å². The molecule has 5 heteroatoms. The van der Waals surface area contributed by atoms with Crippen molar-refractivity contribution >= 4 is 5.71 Å². The van der Waals surface area contributed by atoms with Crippen molar-refractivity contribution in [3.63, 3.8) is 0 Å². The van der Waals surface area contributed by atoms with Gasteiger partial charge in [-0.25, -0.2) is 0 Å². The smallest absolute Gasteiger partial charge is 0.106 e. The maximum absolute atomic E-state index is 5.56. The number of hydrogen-bond acceptors (Lipinski definition) is 5. The number of likely N-dealkylation sites (tertiary alicyclic amines) is 2. The van der Waals surface area contributed by atoms with Crippen LogP contribution >= 0.6 is 0 Å². The van der Waals surface area contributed by atoms with Gasteiger partial charge in [-0.2, -0.15) is 0 Å². The summed E-state index contributed by atoms with van der Waals surface area (Å²) in [5.74, 6) is 0.608. The first-order chi connectivity index (χ1) is 10.7. The maximum Gasteiger partial charge on any atom is 0.106 e. The fourth-order valence-electron chi connectivity index (χ4n) is 3.75. The highest BCUT2D eigenvalue weighted by Crippen LogP contribution is 2.25. The first kappa shape index (κ1) is 17.7. The fraction of sp³-hybridized carbons (Fsp3) is 0.941. The molecule has 2 heterocycles.